The van der Waals surface area contributed by atoms with Crippen molar-refractivity contribution < 1.29 is 13.9 Å². The Balaban J connectivity index is 1.37. The zero-order chi connectivity index (χ0) is 23.2. The molecule has 0 unspecified atom stereocenters. The number of nitrogens with zero attached hydrogens (tertiary/aromatic N) is 1. The van der Waals surface area contributed by atoms with Crippen LogP contribution >= 0.6 is 0 Å². The van der Waals surface area contributed by atoms with Crippen LogP contribution in [0.3, 0.4) is 0 Å². The van der Waals surface area contributed by atoms with Gasteiger partial charge in [0, 0.05) is 0 Å². The largest absolute Gasteiger partial charge is 0.488 e. The second-order valence-corrected chi connectivity index (χ2v) is 8.01. The fourth-order valence-electron chi connectivity index (χ4n) is 3.86. The van der Waals surface area contributed by atoms with Crippen LogP contribution in [0.2, 0.25) is 0 Å². The highest BCUT2D eigenvalue weighted by atomic mass is 19.1. The summed E-state index contributed by atoms with van der Waals surface area (Å²) in [5.74, 6) is 0.353. The van der Waals surface area contributed by atoms with E-state index < -0.39 is 0 Å². The fraction of sp³-hybridized carbons (Fsp3) is 0.143. The molecule has 0 spiro atoms. The number of hydrazone groups is 1. The smallest absolute Gasteiger partial charge is 0.244 e. The zero-order valence-corrected chi connectivity index (χ0v) is 18.6. The monoisotopic (exact) mass is 440 g/mol. The van der Waals surface area contributed by atoms with Gasteiger partial charge in [-0.05, 0) is 76.7 Å². The topological polar surface area (TPSA) is 50.7 Å². The quantitative estimate of drug-likeness (QED) is 0.289. The van der Waals surface area contributed by atoms with Crippen molar-refractivity contribution in [1.82, 2.24) is 5.43 Å². The number of nitrogens with one attached hydrogen (secondary N) is 1. The normalized spacial score (nSPS) is 11.1. The third-order valence-electron chi connectivity index (χ3n) is 5.41. The Hall–Kier alpha value is -3.99. The number of ether oxygens (including phenoxy) is 1. The molecule has 0 aliphatic rings. The lowest BCUT2D eigenvalue weighted by molar-refractivity contribution is -0.120. The maximum atomic E-state index is 13.1. The summed E-state index contributed by atoms with van der Waals surface area (Å²) in [6.07, 6.45) is 1.89. The number of carbonyl (C=O) groups excluding carboxylic acids is 1. The number of rotatable bonds is 7. The number of benzene rings is 4. The molecule has 1 N–H and O–H groups in total. The first-order valence-corrected chi connectivity index (χ1v) is 10.8. The molecule has 0 aliphatic heterocycles. The van der Waals surface area contributed by atoms with E-state index in [-0.39, 0.29) is 18.1 Å². The standard InChI is InChI=1S/C28H25FN2O2/c1-19-14-22(15-20(2)28(19)33-18-21-10-12-25(29)13-11-21)17-30-31-27(32)16-24-8-5-7-23-6-3-4-9-26(23)24/h3-15,17H,16,18H2,1-2H3,(H,31,32)/b30-17-. The molecular formula is C28H25FN2O2. The van der Waals surface area contributed by atoms with Crippen LogP contribution in [-0.2, 0) is 17.8 Å². The summed E-state index contributed by atoms with van der Waals surface area (Å²) in [6.45, 7) is 4.28. The third-order valence-corrected chi connectivity index (χ3v) is 5.41. The van der Waals surface area contributed by atoms with Crippen LogP contribution in [0.25, 0.3) is 10.8 Å². The van der Waals surface area contributed by atoms with Crippen molar-refractivity contribution in [2.75, 3.05) is 0 Å². The average molecular weight is 441 g/mol. The molecule has 0 saturated heterocycles. The molecule has 4 rings (SSSR count). The van der Waals surface area contributed by atoms with Gasteiger partial charge in [0.25, 0.3) is 0 Å². The van der Waals surface area contributed by atoms with E-state index in [4.69, 9.17) is 4.74 Å². The minimum atomic E-state index is -0.265. The maximum Gasteiger partial charge on any atom is 0.244 e. The number of carbonyl (C=O) groups is 1. The van der Waals surface area contributed by atoms with E-state index in [0.717, 1.165) is 44.3 Å². The van der Waals surface area contributed by atoms with Crippen LogP contribution in [0.4, 0.5) is 4.39 Å². The second kappa shape index (κ2) is 10.1. The molecule has 0 bridgehead atoms. The Morgan fingerprint density at radius 3 is 2.42 bits per heavy atom. The molecule has 0 atom stereocenters. The van der Waals surface area contributed by atoms with Crippen LogP contribution < -0.4 is 10.2 Å². The summed E-state index contributed by atoms with van der Waals surface area (Å²) in [5, 5.41) is 6.31. The van der Waals surface area contributed by atoms with E-state index in [2.05, 4.69) is 10.5 Å². The Labute approximate surface area is 192 Å². The summed E-state index contributed by atoms with van der Waals surface area (Å²) in [6, 6.07) is 24.1. The highest BCUT2D eigenvalue weighted by molar-refractivity contribution is 5.90. The lowest BCUT2D eigenvalue weighted by Gasteiger charge is -2.13. The van der Waals surface area contributed by atoms with E-state index >= 15 is 0 Å². The average Bonchev–Trinajstić information content (AvgIpc) is 2.80. The van der Waals surface area contributed by atoms with Gasteiger partial charge in [-0.25, -0.2) is 9.82 Å². The number of halogens is 1. The lowest BCUT2D eigenvalue weighted by Crippen LogP contribution is -2.19. The Morgan fingerprint density at radius 2 is 1.67 bits per heavy atom. The number of fused-ring (bicyclic) bond motifs is 1. The molecule has 0 aliphatic carbocycles. The van der Waals surface area contributed by atoms with Crippen molar-refractivity contribution in [3.8, 4) is 5.75 Å². The molecule has 33 heavy (non-hydrogen) atoms. The van der Waals surface area contributed by atoms with Crippen molar-refractivity contribution in [3.05, 3.63) is 112 Å². The summed E-state index contributed by atoms with van der Waals surface area (Å²) in [4.78, 5) is 12.4. The van der Waals surface area contributed by atoms with Gasteiger partial charge in [0.15, 0.2) is 0 Å². The van der Waals surface area contributed by atoms with Crippen LogP contribution in [-0.4, -0.2) is 12.1 Å². The molecule has 0 heterocycles. The molecular weight excluding hydrogens is 415 g/mol. The predicted molar refractivity (Wildman–Crippen MR) is 130 cm³/mol. The summed E-state index contributed by atoms with van der Waals surface area (Å²) < 4.78 is 19.0. The highest BCUT2D eigenvalue weighted by Crippen LogP contribution is 2.25. The van der Waals surface area contributed by atoms with Gasteiger partial charge in [0.05, 0.1) is 12.6 Å². The van der Waals surface area contributed by atoms with Crippen molar-refractivity contribution in [3.63, 3.8) is 0 Å². The number of amides is 1. The van der Waals surface area contributed by atoms with Gasteiger partial charge in [0.2, 0.25) is 5.91 Å². The first-order valence-electron chi connectivity index (χ1n) is 10.8. The predicted octanol–water partition coefficient (Wildman–Crippen LogP) is 5.87. The van der Waals surface area contributed by atoms with Gasteiger partial charge in [-0.1, -0.05) is 54.6 Å². The van der Waals surface area contributed by atoms with Gasteiger partial charge < -0.3 is 4.74 Å². The molecule has 166 valence electrons. The molecule has 0 radical (unpaired) electrons. The van der Waals surface area contributed by atoms with Crippen molar-refractivity contribution in [1.29, 1.82) is 0 Å². The van der Waals surface area contributed by atoms with E-state index in [1.54, 1.807) is 18.3 Å². The Kier molecular flexibility index (Phi) is 6.79. The molecule has 0 saturated carbocycles. The van der Waals surface area contributed by atoms with Crippen molar-refractivity contribution in [2.45, 2.75) is 26.9 Å². The zero-order valence-electron chi connectivity index (χ0n) is 18.6. The van der Waals surface area contributed by atoms with Gasteiger partial charge in [-0.3, -0.25) is 4.79 Å². The van der Waals surface area contributed by atoms with E-state index in [1.807, 2.05) is 68.4 Å². The molecule has 0 fully saturated rings. The SMILES string of the molecule is Cc1cc(/C=N\NC(=O)Cc2cccc3ccccc23)cc(C)c1OCc1ccc(F)cc1. The highest BCUT2D eigenvalue weighted by Gasteiger charge is 2.08. The minimum absolute atomic E-state index is 0.171. The molecule has 0 aromatic heterocycles. The lowest BCUT2D eigenvalue weighted by atomic mass is 10.0. The third kappa shape index (κ3) is 5.63. The Morgan fingerprint density at radius 1 is 0.970 bits per heavy atom. The van der Waals surface area contributed by atoms with Crippen LogP contribution in [0.1, 0.15) is 27.8 Å². The Bertz CT molecular complexity index is 1290. The van der Waals surface area contributed by atoms with Gasteiger partial charge >= 0.3 is 0 Å². The number of hydrogen-bond acceptors (Lipinski definition) is 3. The van der Waals surface area contributed by atoms with Crippen LogP contribution in [0, 0.1) is 19.7 Å². The van der Waals surface area contributed by atoms with E-state index in [0.29, 0.717) is 6.61 Å². The molecule has 4 nitrogen and oxygen atoms in total. The van der Waals surface area contributed by atoms with Crippen molar-refractivity contribution >= 4 is 22.9 Å². The van der Waals surface area contributed by atoms with Gasteiger partial charge in [-0.15, -0.1) is 0 Å². The fourth-order valence-corrected chi connectivity index (χ4v) is 3.86. The molecule has 5 heteroatoms. The molecule has 1 amide bonds. The number of hydrogen-bond donors (Lipinski definition) is 1. The van der Waals surface area contributed by atoms with Gasteiger partial charge in [0.1, 0.15) is 18.2 Å². The van der Waals surface area contributed by atoms with Crippen molar-refractivity contribution in [2.24, 2.45) is 5.10 Å². The number of aryl methyl sites for hydroxylation is 2. The first kappa shape index (κ1) is 22.2. The molecule has 4 aromatic carbocycles. The molecule has 4 aromatic rings. The summed E-state index contributed by atoms with van der Waals surface area (Å²) >= 11 is 0. The minimum Gasteiger partial charge on any atom is -0.488 e. The second-order valence-electron chi connectivity index (χ2n) is 8.01. The van der Waals surface area contributed by atoms with E-state index in [9.17, 15) is 9.18 Å². The summed E-state index contributed by atoms with van der Waals surface area (Å²) in [5.41, 5.74) is 7.27. The van der Waals surface area contributed by atoms with Crippen LogP contribution in [0.5, 0.6) is 5.75 Å². The summed E-state index contributed by atoms with van der Waals surface area (Å²) in [7, 11) is 0. The van der Waals surface area contributed by atoms with Gasteiger partial charge in [-0.2, -0.15) is 5.10 Å². The van der Waals surface area contributed by atoms with E-state index in [1.165, 1.54) is 12.1 Å². The van der Waals surface area contributed by atoms with Crippen LogP contribution in [0.15, 0.2) is 84.0 Å². The first-order chi connectivity index (χ1) is 16.0. The maximum absolute atomic E-state index is 13.1.